The lowest BCUT2D eigenvalue weighted by Crippen LogP contribution is -2.53. The number of ether oxygens (including phenoxy) is 2. The molecule has 118 valence electrons. The molecule has 0 radical (unpaired) electrons. The zero-order chi connectivity index (χ0) is 15.0. The van der Waals surface area contributed by atoms with E-state index in [0.29, 0.717) is 13.2 Å². The van der Waals surface area contributed by atoms with Gasteiger partial charge in [-0.15, -0.1) is 0 Å². The van der Waals surface area contributed by atoms with Gasteiger partial charge in [-0.1, -0.05) is 25.1 Å². The van der Waals surface area contributed by atoms with Crippen molar-refractivity contribution in [1.82, 2.24) is 5.32 Å². The van der Waals surface area contributed by atoms with E-state index in [9.17, 15) is 5.11 Å². The maximum absolute atomic E-state index is 9.67. The second-order valence-corrected chi connectivity index (χ2v) is 5.72. The summed E-state index contributed by atoms with van der Waals surface area (Å²) in [6, 6.07) is 9.79. The van der Waals surface area contributed by atoms with Crippen molar-refractivity contribution in [3.63, 3.8) is 0 Å². The fraction of sp³-hybridized carbons (Fsp3) is 0.647. The maximum Gasteiger partial charge on any atom is 0.119 e. The fourth-order valence-electron chi connectivity index (χ4n) is 3.08. The van der Waals surface area contributed by atoms with E-state index in [0.717, 1.165) is 38.0 Å². The van der Waals surface area contributed by atoms with Crippen LogP contribution >= 0.6 is 0 Å². The van der Waals surface area contributed by atoms with Gasteiger partial charge in [0.1, 0.15) is 12.4 Å². The summed E-state index contributed by atoms with van der Waals surface area (Å²) >= 11 is 0. The van der Waals surface area contributed by atoms with Crippen LogP contribution in [0.25, 0.3) is 0 Å². The molecule has 1 aromatic carbocycles. The molecule has 1 aliphatic carbocycles. The third-order valence-corrected chi connectivity index (χ3v) is 4.10. The van der Waals surface area contributed by atoms with Gasteiger partial charge in [-0.3, -0.25) is 0 Å². The van der Waals surface area contributed by atoms with Crippen molar-refractivity contribution in [2.75, 3.05) is 26.4 Å². The fourth-order valence-corrected chi connectivity index (χ4v) is 3.08. The van der Waals surface area contributed by atoms with E-state index in [2.05, 4.69) is 12.2 Å². The van der Waals surface area contributed by atoms with Crippen molar-refractivity contribution in [3.8, 4) is 5.75 Å². The predicted octanol–water partition coefficient (Wildman–Crippen LogP) is 2.37. The third kappa shape index (κ3) is 4.99. The Labute approximate surface area is 127 Å². The molecule has 0 aromatic heterocycles. The Hall–Kier alpha value is -1.10. The van der Waals surface area contributed by atoms with E-state index >= 15 is 0 Å². The highest BCUT2D eigenvalue weighted by Crippen LogP contribution is 2.29. The van der Waals surface area contributed by atoms with Gasteiger partial charge in [0.2, 0.25) is 0 Å². The van der Waals surface area contributed by atoms with E-state index in [1.165, 1.54) is 0 Å². The molecule has 4 heteroatoms. The molecule has 2 rings (SSSR count). The van der Waals surface area contributed by atoms with Crippen LogP contribution in [0.4, 0.5) is 0 Å². The normalized spacial score (nSPS) is 25.7. The molecule has 1 fully saturated rings. The lowest BCUT2D eigenvalue weighted by atomic mass is 9.80. The summed E-state index contributed by atoms with van der Waals surface area (Å²) in [7, 11) is 0. The lowest BCUT2D eigenvalue weighted by Gasteiger charge is -2.40. The first-order valence-electron chi connectivity index (χ1n) is 7.93. The molecule has 2 N–H and O–H groups in total. The Balaban J connectivity index is 1.70. The van der Waals surface area contributed by atoms with Gasteiger partial charge < -0.3 is 19.9 Å². The molecule has 0 saturated heterocycles. The summed E-state index contributed by atoms with van der Waals surface area (Å²) in [6.45, 7) is 4.29. The number of aliphatic hydroxyl groups excluding tert-OH is 1. The van der Waals surface area contributed by atoms with Crippen LogP contribution in [0.1, 0.15) is 32.6 Å². The average molecular weight is 293 g/mol. The SMILES string of the molecule is CCNC1(CO)CCCC(OCCOc2ccccc2)C1. The topological polar surface area (TPSA) is 50.7 Å². The van der Waals surface area contributed by atoms with Gasteiger partial charge in [-0.2, -0.15) is 0 Å². The van der Waals surface area contributed by atoms with Crippen molar-refractivity contribution in [1.29, 1.82) is 0 Å². The van der Waals surface area contributed by atoms with Gasteiger partial charge in [-0.25, -0.2) is 0 Å². The standard InChI is InChI=1S/C17H27NO3/c1-2-18-17(14-19)10-6-9-16(13-17)21-12-11-20-15-7-4-3-5-8-15/h3-5,7-8,16,18-19H,2,6,9-14H2,1H3. The molecule has 1 aliphatic rings. The number of likely N-dealkylation sites (N-methyl/N-ethyl adjacent to an activating group) is 1. The number of aliphatic hydroxyl groups is 1. The first-order valence-corrected chi connectivity index (χ1v) is 7.93. The molecule has 2 atom stereocenters. The summed E-state index contributed by atoms with van der Waals surface area (Å²) in [5.74, 6) is 0.877. The largest absolute Gasteiger partial charge is 0.491 e. The average Bonchev–Trinajstić information content (AvgIpc) is 2.53. The molecular weight excluding hydrogens is 266 g/mol. The van der Waals surface area contributed by atoms with Gasteiger partial charge in [-0.05, 0) is 44.4 Å². The minimum atomic E-state index is -0.155. The predicted molar refractivity (Wildman–Crippen MR) is 83.6 cm³/mol. The first-order chi connectivity index (χ1) is 10.3. The summed E-state index contributed by atoms with van der Waals surface area (Å²) in [5, 5.41) is 13.1. The van der Waals surface area contributed by atoms with Crippen LogP contribution in [-0.4, -0.2) is 43.1 Å². The number of hydrogen-bond acceptors (Lipinski definition) is 4. The quantitative estimate of drug-likeness (QED) is 0.723. The van der Waals surface area contributed by atoms with Gasteiger partial charge in [0, 0.05) is 5.54 Å². The van der Waals surface area contributed by atoms with Gasteiger partial charge >= 0.3 is 0 Å². The first kappa shape index (κ1) is 16.3. The minimum absolute atomic E-state index is 0.155. The Kier molecular flexibility index (Phi) is 6.49. The Morgan fingerprint density at radius 2 is 2.10 bits per heavy atom. The van der Waals surface area contributed by atoms with Crippen LogP contribution in [0.5, 0.6) is 5.75 Å². The molecule has 0 aliphatic heterocycles. The number of nitrogens with one attached hydrogen (secondary N) is 1. The number of para-hydroxylation sites is 1. The van der Waals surface area contributed by atoms with Crippen LogP contribution in [0.3, 0.4) is 0 Å². The third-order valence-electron chi connectivity index (χ3n) is 4.10. The highest BCUT2D eigenvalue weighted by molar-refractivity contribution is 5.20. The smallest absolute Gasteiger partial charge is 0.119 e. The van der Waals surface area contributed by atoms with E-state index in [4.69, 9.17) is 9.47 Å². The molecule has 0 heterocycles. The molecule has 21 heavy (non-hydrogen) atoms. The van der Waals surface area contributed by atoms with Crippen molar-refractivity contribution in [2.24, 2.45) is 0 Å². The van der Waals surface area contributed by atoms with Crippen LogP contribution in [-0.2, 0) is 4.74 Å². The molecule has 1 saturated carbocycles. The molecule has 0 amide bonds. The summed E-state index contributed by atoms with van der Waals surface area (Å²) < 4.78 is 11.6. The second kappa shape index (κ2) is 8.37. The van der Waals surface area contributed by atoms with Crippen LogP contribution in [0.15, 0.2) is 30.3 Å². The van der Waals surface area contributed by atoms with Gasteiger partial charge in [0.05, 0.1) is 19.3 Å². The van der Waals surface area contributed by atoms with Crippen molar-refractivity contribution in [2.45, 2.75) is 44.2 Å². The van der Waals surface area contributed by atoms with E-state index in [1.807, 2.05) is 30.3 Å². The van der Waals surface area contributed by atoms with Gasteiger partial charge in [0.25, 0.3) is 0 Å². The monoisotopic (exact) mass is 293 g/mol. The number of benzene rings is 1. The molecule has 0 spiro atoms. The lowest BCUT2D eigenvalue weighted by molar-refractivity contribution is -0.0241. The molecule has 1 aromatic rings. The zero-order valence-electron chi connectivity index (χ0n) is 12.9. The molecular formula is C17H27NO3. The highest BCUT2D eigenvalue weighted by atomic mass is 16.5. The second-order valence-electron chi connectivity index (χ2n) is 5.72. The van der Waals surface area contributed by atoms with E-state index in [-0.39, 0.29) is 18.2 Å². The number of hydrogen-bond donors (Lipinski definition) is 2. The zero-order valence-corrected chi connectivity index (χ0v) is 12.9. The summed E-state index contributed by atoms with van der Waals surface area (Å²) in [4.78, 5) is 0. The Morgan fingerprint density at radius 1 is 1.29 bits per heavy atom. The highest BCUT2D eigenvalue weighted by Gasteiger charge is 2.35. The van der Waals surface area contributed by atoms with E-state index < -0.39 is 0 Å². The number of rotatable bonds is 8. The maximum atomic E-state index is 9.67. The molecule has 2 unspecified atom stereocenters. The Morgan fingerprint density at radius 3 is 2.81 bits per heavy atom. The van der Waals surface area contributed by atoms with Crippen LogP contribution < -0.4 is 10.1 Å². The van der Waals surface area contributed by atoms with Crippen molar-refractivity contribution in [3.05, 3.63) is 30.3 Å². The molecule has 0 bridgehead atoms. The summed E-state index contributed by atoms with van der Waals surface area (Å²) in [5.41, 5.74) is -0.155. The van der Waals surface area contributed by atoms with Crippen LogP contribution in [0, 0.1) is 0 Å². The van der Waals surface area contributed by atoms with E-state index in [1.54, 1.807) is 0 Å². The molecule has 4 nitrogen and oxygen atoms in total. The van der Waals surface area contributed by atoms with Crippen molar-refractivity contribution < 1.29 is 14.6 Å². The van der Waals surface area contributed by atoms with Gasteiger partial charge in [0.15, 0.2) is 0 Å². The van der Waals surface area contributed by atoms with Crippen molar-refractivity contribution >= 4 is 0 Å². The van der Waals surface area contributed by atoms with Crippen LogP contribution in [0.2, 0.25) is 0 Å². The summed E-state index contributed by atoms with van der Waals surface area (Å²) in [6.07, 6.45) is 4.28. The Bertz CT molecular complexity index is 394. The minimum Gasteiger partial charge on any atom is -0.491 e.